The van der Waals surface area contributed by atoms with Crippen LogP contribution in [0.1, 0.15) is 11.6 Å². The Bertz CT molecular complexity index is 409. The lowest BCUT2D eigenvalue weighted by Gasteiger charge is -2.05. The highest BCUT2D eigenvalue weighted by Crippen LogP contribution is 2.02. The van der Waals surface area contributed by atoms with E-state index in [0.29, 0.717) is 6.61 Å². The van der Waals surface area contributed by atoms with Crippen LogP contribution in [0, 0.1) is 0 Å². The van der Waals surface area contributed by atoms with Crippen LogP contribution in [0.2, 0.25) is 0 Å². The highest BCUT2D eigenvalue weighted by Gasteiger charge is 2.04. The Morgan fingerprint density at radius 2 is 2.31 bits per heavy atom. The molecule has 0 aliphatic rings. The summed E-state index contributed by atoms with van der Waals surface area (Å²) in [6.45, 7) is 1.54. The summed E-state index contributed by atoms with van der Waals surface area (Å²) in [4.78, 5) is 8.39. The molecule has 16 heavy (non-hydrogen) atoms. The second-order valence-electron chi connectivity index (χ2n) is 3.46. The van der Waals surface area contributed by atoms with Gasteiger partial charge in [0.15, 0.2) is 0 Å². The van der Waals surface area contributed by atoms with Gasteiger partial charge in [-0.15, -0.1) is 0 Å². The SMILES string of the molecule is COCCn1ccnc1CCc1ncn[nH]1. The highest BCUT2D eigenvalue weighted by molar-refractivity contribution is 4.95. The Balaban J connectivity index is 1.91. The molecule has 2 aromatic rings. The number of aryl methyl sites for hydroxylation is 2. The summed E-state index contributed by atoms with van der Waals surface area (Å²) in [6, 6.07) is 0. The fraction of sp³-hybridized carbons (Fsp3) is 0.500. The van der Waals surface area contributed by atoms with Crippen molar-refractivity contribution in [1.29, 1.82) is 0 Å². The molecule has 86 valence electrons. The van der Waals surface area contributed by atoms with Crippen LogP contribution in [-0.2, 0) is 24.1 Å². The zero-order chi connectivity index (χ0) is 11.2. The van der Waals surface area contributed by atoms with Gasteiger partial charge in [-0.25, -0.2) is 9.97 Å². The van der Waals surface area contributed by atoms with Crippen LogP contribution in [0.25, 0.3) is 0 Å². The van der Waals surface area contributed by atoms with Crippen molar-refractivity contribution < 1.29 is 4.74 Å². The van der Waals surface area contributed by atoms with Gasteiger partial charge in [-0.1, -0.05) is 0 Å². The Morgan fingerprint density at radius 3 is 3.06 bits per heavy atom. The highest BCUT2D eigenvalue weighted by atomic mass is 16.5. The third-order valence-electron chi connectivity index (χ3n) is 2.39. The van der Waals surface area contributed by atoms with Gasteiger partial charge in [0, 0.05) is 38.9 Å². The molecule has 0 aliphatic heterocycles. The molecular weight excluding hydrogens is 206 g/mol. The van der Waals surface area contributed by atoms with E-state index in [2.05, 4.69) is 24.7 Å². The number of nitrogens with one attached hydrogen (secondary N) is 1. The molecule has 0 aromatic carbocycles. The van der Waals surface area contributed by atoms with E-state index in [-0.39, 0.29) is 0 Å². The first kappa shape index (κ1) is 10.8. The maximum Gasteiger partial charge on any atom is 0.137 e. The predicted molar refractivity (Wildman–Crippen MR) is 57.9 cm³/mol. The third kappa shape index (κ3) is 2.66. The van der Waals surface area contributed by atoms with E-state index in [9.17, 15) is 0 Å². The number of ether oxygens (including phenoxy) is 1. The second-order valence-corrected chi connectivity index (χ2v) is 3.46. The molecule has 0 atom stereocenters. The lowest BCUT2D eigenvalue weighted by atomic mass is 10.3. The molecule has 6 heteroatoms. The standard InChI is InChI=1S/C10H15N5O/c1-16-7-6-15-5-4-11-10(15)3-2-9-12-8-13-14-9/h4-5,8H,2-3,6-7H2,1H3,(H,12,13,14). The molecule has 0 bridgehead atoms. The molecule has 2 aromatic heterocycles. The van der Waals surface area contributed by atoms with Crippen LogP contribution in [0.15, 0.2) is 18.7 Å². The van der Waals surface area contributed by atoms with E-state index in [1.807, 2.05) is 12.4 Å². The Morgan fingerprint density at radius 1 is 1.38 bits per heavy atom. The van der Waals surface area contributed by atoms with Crippen molar-refractivity contribution in [1.82, 2.24) is 24.7 Å². The minimum absolute atomic E-state index is 0.700. The van der Waals surface area contributed by atoms with Gasteiger partial charge in [0.05, 0.1) is 6.61 Å². The molecule has 6 nitrogen and oxygen atoms in total. The topological polar surface area (TPSA) is 68.6 Å². The molecule has 0 amide bonds. The van der Waals surface area contributed by atoms with Gasteiger partial charge in [0.2, 0.25) is 0 Å². The minimum atomic E-state index is 0.700. The number of nitrogens with zero attached hydrogens (tertiary/aromatic N) is 4. The number of hydrogen-bond acceptors (Lipinski definition) is 4. The largest absolute Gasteiger partial charge is 0.383 e. The number of hydrogen-bond donors (Lipinski definition) is 1. The molecular formula is C10H15N5O. The summed E-state index contributed by atoms with van der Waals surface area (Å²) in [7, 11) is 1.70. The van der Waals surface area contributed by atoms with Crippen molar-refractivity contribution in [3.05, 3.63) is 30.4 Å². The smallest absolute Gasteiger partial charge is 0.137 e. The van der Waals surface area contributed by atoms with Gasteiger partial charge in [-0.05, 0) is 0 Å². The molecule has 0 saturated carbocycles. The minimum Gasteiger partial charge on any atom is -0.383 e. The van der Waals surface area contributed by atoms with E-state index < -0.39 is 0 Å². The van der Waals surface area contributed by atoms with Gasteiger partial charge in [0.25, 0.3) is 0 Å². The summed E-state index contributed by atoms with van der Waals surface area (Å²) in [6.07, 6.45) is 6.97. The van der Waals surface area contributed by atoms with E-state index in [0.717, 1.165) is 31.0 Å². The first-order chi connectivity index (χ1) is 7.90. The average Bonchev–Trinajstić information content (AvgIpc) is 2.94. The second kappa shape index (κ2) is 5.41. The van der Waals surface area contributed by atoms with Gasteiger partial charge in [-0.3, -0.25) is 5.10 Å². The summed E-state index contributed by atoms with van der Waals surface area (Å²) >= 11 is 0. The number of methoxy groups -OCH3 is 1. The maximum absolute atomic E-state index is 5.04. The monoisotopic (exact) mass is 221 g/mol. The van der Waals surface area contributed by atoms with Crippen molar-refractivity contribution in [2.45, 2.75) is 19.4 Å². The summed E-state index contributed by atoms with van der Waals surface area (Å²) in [5, 5.41) is 6.65. The quantitative estimate of drug-likeness (QED) is 0.768. The number of aromatic nitrogens is 5. The first-order valence-corrected chi connectivity index (χ1v) is 5.23. The van der Waals surface area contributed by atoms with Crippen LogP contribution < -0.4 is 0 Å². The van der Waals surface area contributed by atoms with Gasteiger partial charge in [0.1, 0.15) is 18.0 Å². The van der Waals surface area contributed by atoms with Crippen molar-refractivity contribution in [2.75, 3.05) is 13.7 Å². The van der Waals surface area contributed by atoms with Gasteiger partial charge >= 0.3 is 0 Å². The Hall–Kier alpha value is -1.69. The van der Waals surface area contributed by atoms with Crippen LogP contribution in [0.4, 0.5) is 0 Å². The normalized spacial score (nSPS) is 10.8. The molecule has 0 unspecified atom stereocenters. The number of imidazole rings is 1. The van der Waals surface area contributed by atoms with Crippen LogP contribution in [0.5, 0.6) is 0 Å². The maximum atomic E-state index is 5.04. The summed E-state index contributed by atoms with van der Waals surface area (Å²) in [5.41, 5.74) is 0. The van der Waals surface area contributed by atoms with Crippen molar-refractivity contribution in [3.63, 3.8) is 0 Å². The van der Waals surface area contributed by atoms with Crippen LogP contribution in [0.3, 0.4) is 0 Å². The van der Waals surface area contributed by atoms with Gasteiger partial charge < -0.3 is 9.30 Å². The van der Waals surface area contributed by atoms with Crippen molar-refractivity contribution in [3.8, 4) is 0 Å². The molecule has 2 rings (SSSR count). The predicted octanol–water partition coefficient (Wildman–Crippen LogP) is 0.433. The van der Waals surface area contributed by atoms with E-state index in [4.69, 9.17) is 4.74 Å². The fourth-order valence-corrected chi connectivity index (χ4v) is 1.54. The molecule has 0 saturated heterocycles. The van der Waals surface area contributed by atoms with E-state index >= 15 is 0 Å². The van der Waals surface area contributed by atoms with E-state index in [1.54, 1.807) is 7.11 Å². The Labute approximate surface area is 93.7 Å². The third-order valence-corrected chi connectivity index (χ3v) is 2.39. The molecule has 2 heterocycles. The molecule has 0 radical (unpaired) electrons. The zero-order valence-electron chi connectivity index (χ0n) is 9.26. The first-order valence-electron chi connectivity index (χ1n) is 5.23. The number of aromatic amines is 1. The van der Waals surface area contributed by atoms with Crippen molar-refractivity contribution >= 4 is 0 Å². The fourth-order valence-electron chi connectivity index (χ4n) is 1.54. The zero-order valence-corrected chi connectivity index (χ0v) is 9.26. The lowest BCUT2D eigenvalue weighted by molar-refractivity contribution is 0.186. The molecule has 0 spiro atoms. The number of rotatable bonds is 6. The van der Waals surface area contributed by atoms with Crippen LogP contribution >= 0.6 is 0 Å². The molecule has 0 fully saturated rings. The van der Waals surface area contributed by atoms with Gasteiger partial charge in [-0.2, -0.15) is 5.10 Å². The number of H-pyrrole nitrogens is 1. The summed E-state index contributed by atoms with van der Waals surface area (Å²) < 4.78 is 7.14. The molecule has 0 aliphatic carbocycles. The lowest BCUT2D eigenvalue weighted by Crippen LogP contribution is -2.08. The molecule has 1 N–H and O–H groups in total. The average molecular weight is 221 g/mol. The van der Waals surface area contributed by atoms with E-state index in [1.165, 1.54) is 6.33 Å². The summed E-state index contributed by atoms with van der Waals surface area (Å²) in [5.74, 6) is 1.94. The Kier molecular flexibility index (Phi) is 3.66. The van der Waals surface area contributed by atoms with Crippen LogP contribution in [-0.4, -0.2) is 38.4 Å². The van der Waals surface area contributed by atoms with Crippen molar-refractivity contribution in [2.24, 2.45) is 0 Å².